The average Bonchev–Trinajstić information content (AvgIpc) is 2.33. The Hall–Kier alpha value is -1.42. The van der Waals surface area contributed by atoms with Crippen molar-refractivity contribution in [1.82, 2.24) is 9.88 Å². The van der Waals surface area contributed by atoms with Crippen molar-refractivity contribution in [2.75, 3.05) is 13.1 Å². The molecule has 1 aromatic heterocycles. The third-order valence-electron chi connectivity index (χ3n) is 3.33. The summed E-state index contributed by atoms with van der Waals surface area (Å²) in [5, 5.41) is 9.82. The molecule has 0 bridgehead atoms. The first-order valence-electron chi connectivity index (χ1n) is 6.02. The van der Waals surface area contributed by atoms with Crippen LogP contribution in [0.4, 0.5) is 0 Å². The zero-order valence-electron chi connectivity index (χ0n) is 10.1. The van der Waals surface area contributed by atoms with Gasteiger partial charge in [0.1, 0.15) is 0 Å². The smallest absolute Gasteiger partial charge is 0.223 e. The van der Waals surface area contributed by atoms with Crippen molar-refractivity contribution in [3.63, 3.8) is 0 Å². The lowest BCUT2D eigenvalue weighted by Crippen LogP contribution is -2.63. The first-order chi connectivity index (χ1) is 8.13. The molecule has 0 atom stereocenters. The van der Waals surface area contributed by atoms with Gasteiger partial charge >= 0.3 is 0 Å². The molecule has 4 heteroatoms. The maximum Gasteiger partial charge on any atom is 0.223 e. The Morgan fingerprint density at radius 2 is 2.35 bits per heavy atom. The lowest BCUT2D eigenvalue weighted by atomic mass is 9.91. The van der Waals surface area contributed by atoms with Crippen molar-refractivity contribution in [2.24, 2.45) is 0 Å². The topological polar surface area (TPSA) is 53.4 Å². The molecule has 2 heterocycles. The van der Waals surface area contributed by atoms with Gasteiger partial charge in [-0.05, 0) is 24.5 Å². The van der Waals surface area contributed by atoms with E-state index in [-0.39, 0.29) is 5.91 Å². The predicted molar refractivity (Wildman–Crippen MR) is 64.4 cm³/mol. The van der Waals surface area contributed by atoms with Gasteiger partial charge in [0.05, 0.1) is 18.7 Å². The quantitative estimate of drug-likeness (QED) is 0.845. The number of likely N-dealkylation sites (tertiary alicyclic amines) is 1. The molecule has 0 saturated carbocycles. The van der Waals surface area contributed by atoms with Crippen LogP contribution < -0.4 is 0 Å². The molecular formula is C13H18N2O2. The Bertz CT molecular complexity index is 386. The Labute approximate surface area is 101 Å². The predicted octanol–water partition coefficient (Wildman–Crippen LogP) is 0.997. The van der Waals surface area contributed by atoms with Crippen LogP contribution >= 0.6 is 0 Å². The van der Waals surface area contributed by atoms with E-state index in [1.165, 1.54) is 0 Å². The minimum Gasteiger partial charge on any atom is -0.386 e. The lowest BCUT2D eigenvalue weighted by Gasteiger charge is -2.46. The van der Waals surface area contributed by atoms with Crippen LogP contribution in [0.5, 0.6) is 0 Å². The molecule has 1 aliphatic rings. The molecule has 1 N–H and O–H groups in total. The second-order valence-electron chi connectivity index (χ2n) is 4.69. The van der Waals surface area contributed by atoms with Crippen LogP contribution in [0, 0.1) is 0 Å². The highest BCUT2D eigenvalue weighted by atomic mass is 16.3. The van der Waals surface area contributed by atoms with Gasteiger partial charge in [-0.1, -0.05) is 13.0 Å². The van der Waals surface area contributed by atoms with E-state index >= 15 is 0 Å². The van der Waals surface area contributed by atoms with Crippen LogP contribution in [0.15, 0.2) is 24.5 Å². The normalized spacial score (nSPS) is 17.6. The average molecular weight is 234 g/mol. The molecule has 17 heavy (non-hydrogen) atoms. The van der Waals surface area contributed by atoms with Gasteiger partial charge in [0.2, 0.25) is 5.91 Å². The van der Waals surface area contributed by atoms with Crippen molar-refractivity contribution < 1.29 is 9.90 Å². The number of carbonyl (C=O) groups excluding carboxylic acids is 1. The Balaban J connectivity index is 1.76. The highest BCUT2D eigenvalue weighted by Gasteiger charge is 2.41. The van der Waals surface area contributed by atoms with Crippen LogP contribution in [0.25, 0.3) is 0 Å². The maximum absolute atomic E-state index is 11.8. The summed E-state index contributed by atoms with van der Waals surface area (Å²) in [7, 11) is 0. The van der Waals surface area contributed by atoms with E-state index in [4.69, 9.17) is 0 Å². The number of amides is 1. The van der Waals surface area contributed by atoms with Crippen molar-refractivity contribution in [3.8, 4) is 0 Å². The van der Waals surface area contributed by atoms with E-state index in [0.29, 0.717) is 32.4 Å². The number of pyridine rings is 1. The first kappa shape index (κ1) is 12.0. The van der Waals surface area contributed by atoms with E-state index in [1.54, 1.807) is 17.3 Å². The molecule has 0 spiro atoms. The van der Waals surface area contributed by atoms with Gasteiger partial charge in [-0.3, -0.25) is 9.78 Å². The van der Waals surface area contributed by atoms with Crippen LogP contribution in [-0.4, -0.2) is 39.6 Å². The molecule has 1 aromatic rings. The second kappa shape index (κ2) is 4.84. The van der Waals surface area contributed by atoms with Gasteiger partial charge in [0.15, 0.2) is 0 Å². The molecule has 1 amide bonds. The third kappa shape index (κ3) is 2.82. The summed E-state index contributed by atoms with van der Waals surface area (Å²) in [6.07, 6.45) is 5.42. The van der Waals surface area contributed by atoms with Gasteiger partial charge < -0.3 is 10.0 Å². The monoisotopic (exact) mass is 234 g/mol. The van der Waals surface area contributed by atoms with Crippen LogP contribution in [0.2, 0.25) is 0 Å². The minimum atomic E-state index is -0.635. The number of aliphatic hydroxyl groups is 1. The van der Waals surface area contributed by atoms with Gasteiger partial charge in [0.25, 0.3) is 0 Å². The summed E-state index contributed by atoms with van der Waals surface area (Å²) in [4.78, 5) is 17.5. The minimum absolute atomic E-state index is 0.118. The summed E-state index contributed by atoms with van der Waals surface area (Å²) in [6, 6.07) is 3.85. The molecular weight excluding hydrogens is 216 g/mol. The highest BCUT2D eigenvalue weighted by Crippen LogP contribution is 2.24. The van der Waals surface area contributed by atoms with Crippen LogP contribution in [0.1, 0.15) is 25.3 Å². The summed E-state index contributed by atoms with van der Waals surface area (Å²) >= 11 is 0. The summed E-state index contributed by atoms with van der Waals surface area (Å²) in [6.45, 7) is 2.90. The standard InChI is InChI=1S/C13H18N2O2/c1-2-13(17)9-15(10-13)12(16)6-5-11-4-3-7-14-8-11/h3-4,7-8,17H,2,5-6,9-10H2,1H3. The maximum atomic E-state index is 11.8. The fraction of sp³-hybridized carbons (Fsp3) is 0.538. The van der Waals surface area contributed by atoms with E-state index in [9.17, 15) is 9.90 Å². The molecule has 1 saturated heterocycles. The number of rotatable bonds is 4. The third-order valence-corrected chi connectivity index (χ3v) is 3.33. The van der Waals surface area contributed by atoms with E-state index < -0.39 is 5.60 Å². The number of β-amino-alcohol motifs (C(OH)–C–C–N with tert-alkyl or cyclic N) is 1. The molecule has 2 rings (SSSR count). The fourth-order valence-corrected chi connectivity index (χ4v) is 2.02. The Morgan fingerprint density at radius 1 is 1.59 bits per heavy atom. The van der Waals surface area contributed by atoms with Gasteiger partial charge in [-0.25, -0.2) is 0 Å². The first-order valence-corrected chi connectivity index (χ1v) is 6.02. The number of nitrogens with zero attached hydrogens (tertiary/aromatic N) is 2. The Morgan fingerprint density at radius 3 is 2.94 bits per heavy atom. The van der Waals surface area contributed by atoms with Crippen LogP contribution in [0.3, 0.4) is 0 Å². The van der Waals surface area contributed by atoms with Gasteiger partial charge in [-0.15, -0.1) is 0 Å². The summed E-state index contributed by atoms with van der Waals surface area (Å²) in [5.74, 6) is 0.118. The molecule has 92 valence electrons. The van der Waals surface area contributed by atoms with E-state index in [1.807, 2.05) is 19.1 Å². The number of aryl methyl sites for hydroxylation is 1. The number of hydrogen-bond donors (Lipinski definition) is 1. The lowest BCUT2D eigenvalue weighted by molar-refractivity contribution is -0.155. The molecule has 4 nitrogen and oxygen atoms in total. The zero-order chi connectivity index (χ0) is 12.3. The molecule has 0 unspecified atom stereocenters. The Kier molecular flexibility index (Phi) is 3.43. The highest BCUT2D eigenvalue weighted by molar-refractivity contribution is 5.77. The fourth-order valence-electron chi connectivity index (χ4n) is 2.02. The summed E-state index contributed by atoms with van der Waals surface area (Å²) < 4.78 is 0. The van der Waals surface area contributed by atoms with Gasteiger partial charge in [-0.2, -0.15) is 0 Å². The van der Waals surface area contributed by atoms with E-state index in [2.05, 4.69) is 4.98 Å². The molecule has 1 aliphatic heterocycles. The number of hydrogen-bond acceptors (Lipinski definition) is 3. The molecule has 0 aliphatic carbocycles. The molecule has 0 radical (unpaired) electrons. The van der Waals surface area contributed by atoms with Crippen molar-refractivity contribution in [1.29, 1.82) is 0 Å². The van der Waals surface area contributed by atoms with Crippen molar-refractivity contribution >= 4 is 5.91 Å². The molecule has 1 fully saturated rings. The SMILES string of the molecule is CCC1(O)CN(C(=O)CCc2cccnc2)C1. The number of aromatic nitrogens is 1. The number of carbonyl (C=O) groups is 1. The summed E-state index contributed by atoms with van der Waals surface area (Å²) in [5.41, 5.74) is 0.441. The van der Waals surface area contributed by atoms with Crippen molar-refractivity contribution in [3.05, 3.63) is 30.1 Å². The zero-order valence-corrected chi connectivity index (χ0v) is 10.1. The van der Waals surface area contributed by atoms with Crippen LogP contribution in [-0.2, 0) is 11.2 Å². The van der Waals surface area contributed by atoms with E-state index in [0.717, 1.165) is 5.56 Å². The second-order valence-corrected chi connectivity index (χ2v) is 4.69. The van der Waals surface area contributed by atoms with Gasteiger partial charge in [0, 0.05) is 18.8 Å². The largest absolute Gasteiger partial charge is 0.386 e. The molecule has 0 aromatic carbocycles. The van der Waals surface area contributed by atoms with Crippen molar-refractivity contribution in [2.45, 2.75) is 31.8 Å².